The average Bonchev–Trinajstić information content (AvgIpc) is 2.37. The molecule has 3 nitrogen and oxygen atoms in total. The molecule has 0 unspecified atom stereocenters. The van der Waals surface area contributed by atoms with Crippen LogP contribution in [0.1, 0.15) is 42.6 Å². The number of amides is 1. The highest BCUT2D eigenvalue weighted by molar-refractivity contribution is 6.34. The molecule has 0 aliphatic rings. The van der Waals surface area contributed by atoms with Crippen molar-refractivity contribution in [1.29, 1.82) is 0 Å². The standard InChI is InChI=1S/C15H22ClNO2/c1-11-6-4-7-12(13(11)16)14(19)17-10-15(2,3)8-5-9-18/h4,6-7,18H,5,8-10H2,1-3H3,(H,17,19). The zero-order chi connectivity index (χ0) is 14.5. The van der Waals surface area contributed by atoms with Gasteiger partial charge in [0.05, 0.1) is 10.6 Å². The highest BCUT2D eigenvalue weighted by atomic mass is 35.5. The molecular formula is C15H22ClNO2. The van der Waals surface area contributed by atoms with Gasteiger partial charge in [0.2, 0.25) is 0 Å². The lowest BCUT2D eigenvalue weighted by Crippen LogP contribution is -2.34. The van der Waals surface area contributed by atoms with Crippen LogP contribution in [0.4, 0.5) is 0 Å². The third-order valence-corrected chi connectivity index (χ3v) is 3.68. The van der Waals surface area contributed by atoms with Crippen molar-refractivity contribution in [1.82, 2.24) is 5.32 Å². The molecule has 1 rings (SSSR count). The van der Waals surface area contributed by atoms with E-state index in [4.69, 9.17) is 16.7 Å². The molecule has 0 saturated heterocycles. The highest BCUT2D eigenvalue weighted by Gasteiger charge is 2.19. The van der Waals surface area contributed by atoms with Crippen molar-refractivity contribution in [2.75, 3.05) is 13.2 Å². The van der Waals surface area contributed by atoms with Crippen LogP contribution in [0.2, 0.25) is 5.02 Å². The van der Waals surface area contributed by atoms with Gasteiger partial charge in [-0.15, -0.1) is 0 Å². The lowest BCUT2D eigenvalue weighted by atomic mass is 9.88. The van der Waals surface area contributed by atoms with E-state index in [1.165, 1.54) is 0 Å². The molecule has 4 heteroatoms. The number of hydrogen-bond donors (Lipinski definition) is 2. The first-order valence-electron chi connectivity index (χ1n) is 6.51. The summed E-state index contributed by atoms with van der Waals surface area (Å²) >= 11 is 6.13. The first-order chi connectivity index (χ1) is 8.87. The molecule has 19 heavy (non-hydrogen) atoms. The zero-order valence-electron chi connectivity index (χ0n) is 11.8. The number of benzene rings is 1. The minimum atomic E-state index is -0.147. The maximum Gasteiger partial charge on any atom is 0.252 e. The number of carbonyl (C=O) groups excluding carboxylic acids is 1. The summed E-state index contributed by atoms with van der Waals surface area (Å²) in [7, 11) is 0. The maximum atomic E-state index is 12.1. The molecule has 0 saturated carbocycles. The number of nitrogens with one attached hydrogen (secondary N) is 1. The van der Waals surface area contributed by atoms with Crippen LogP contribution in [0.25, 0.3) is 0 Å². The van der Waals surface area contributed by atoms with Gasteiger partial charge in [-0.1, -0.05) is 37.6 Å². The molecular weight excluding hydrogens is 262 g/mol. The third kappa shape index (κ3) is 4.84. The van der Waals surface area contributed by atoms with Crippen molar-refractivity contribution in [2.45, 2.75) is 33.6 Å². The molecule has 2 N–H and O–H groups in total. The minimum absolute atomic E-state index is 0.0330. The molecule has 0 aliphatic heterocycles. The quantitative estimate of drug-likeness (QED) is 0.842. The first-order valence-corrected chi connectivity index (χ1v) is 6.89. The second kappa shape index (κ2) is 6.92. The van der Waals surface area contributed by atoms with E-state index in [0.29, 0.717) is 17.1 Å². The minimum Gasteiger partial charge on any atom is -0.396 e. The number of carbonyl (C=O) groups is 1. The highest BCUT2D eigenvalue weighted by Crippen LogP contribution is 2.23. The van der Waals surface area contributed by atoms with Crippen molar-refractivity contribution in [3.8, 4) is 0 Å². The molecule has 0 aliphatic carbocycles. The predicted octanol–water partition coefficient (Wildman–Crippen LogP) is 3.18. The molecule has 0 fully saturated rings. The summed E-state index contributed by atoms with van der Waals surface area (Å²) in [5.74, 6) is -0.147. The van der Waals surface area contributed by atoms with Gasteiger partial charge in [-0.05, 0) is 36.8 Å². The molecule has 1 aromatic carbocycles. The van der Waals surface area contributed by atoms with Crippen molar-refractivity contribution in [3.05, 3.63) is 34.3 Å². The van der Waals surface area contributed by atoms with Crippen molar-refractivity contribution in [2.24, 2.45) is 5.41 Å². The normalized spacial score (nSPS) is 11.4. The van der Waals surface area contributed by atoms with E-state index in [0.717, 1.165) is 18.4 Å². The Labute approximate surface area is 120 Å². The van der Waals surface area contributed by atoms with Gasteiger partial charge in [-0.25, -0.2) is 0 Å². The van der Waals surface area contributed by atoms with E-state index in [1.54, 1.807) is 6.07 Å². The SMILES string of the molecule is Cc1cccc(C(=O)NCC(C)(C)CCCO)c1Cl. The number of halogens is 1. The van der Waals surface area contributed by atoms with Gasteiger partial charge < -0.3 is 10.4 Å². The molecule has 0 bridgehead atoms. The Morgan fingerprint density at radius 1 is 1.42 bits per heavy atom. The van der Waals surface area contributed by atoms with Gasteiger partial charge in [0.1, 0.15) is 0 Å². The molecule has 0 radical (unpaired) electrons. The fraction of sp³-hybridized carbons (Fsp3) is 0.533. The fourth-order valence-corrected chi connectivity index (χ4v) is 2.10. The third-order valence-electron chi connectivity index (χ3n) is 3.18. The smallest absolute Gasteiger partial charge is 0.252 e. The van der Waals surface area contributed by atoms with Gasteiger partial charge in [0.15, 0.2) is 0 Å². The van der Waals surface area contributed by atoms with E-state index in [-0.39, 0.29) is 17.9 Å². The molecule has 1 aromatic rings. The van der Waals surface area contributed by atoms with Crippen LogP contribution in [0.15, 0.2) is 18.2 Å². The van der Waals surface area contributed by atoms with Crippen LogP contribution < -0.4 is 5.32 Å². The summed E-state index contributed by atoms with van der Waals surface area (Å²) in [4.78, 5) is 12.1. The Balaban J connectivity index is 2.63. The van der Waals surface area contributed by atoms with Gasteiger partial charge >= 0.3 is 0 Å². The van der Waals surface area contributed by atoms with E-state index in [1.807, 2.05) is 19.1 Å². The second-order valence-corrected chi connectivity index (χ2v) is 5.99. The van der Waals surface area contributed by atoms with Gasteiger partial charge in [0, 0.05) is 13.2 Å². The Morgan fingerprint density at radius 2 is 2.11 bits per heavy atom. The Kier molecular flexibility index (Phi) is 5.83. The van der Waals surface area contributed by atoms with Crippen molar-refractivity contribution < 1.29 is 9.90 Å². The Bertz CT molecular complexity index is 444. The molecule has 0 atom stereocenters. The topological polar surface area (TPSA) is 49.3 Å². The number of hydrogen-bond acceptors (Lipinski definition) is 2. The first kappa shape index (κ1) is 16.0. The Hall–Kier alpha value is -1.06. The second-order valence-electron chi connectivity index (χ2n) is 5.61. The van der Waals surface area contributed by atoms with Crippen LogP contribution >= 0.6 is 11.6 Å². The average molecular weight is 284 g/mol. The summed E-state index contributed by atoms with van der Waals surface area (Å²) in [5, 5.41) is 12.3. The van der Waals surface area contributed by atoms with Crippen LogP contribution in [0.3, 0.4) is 0 Å². The molecule has 106 valence electrons. The number of rotatable bonds is 6. The monoisotopic (exact) mass is 283 g/mol. The van der Waals surface area contributed by atoms with E-state index in [2.05, 4.69) is 19.2 Å². The molecule has 0 spiro atoms. The predicted molar refractivity (Wildman–Crippen MR) is 78.6 cm³/mol. The largest absolute Gasteiger partial charge is 0.396 e. The van der Waals surface area contributed by atoms with Crippen LogP contribution in [-0.4, -0.2) is 24.2 Å². The van der Waals surface area contributed by atoms with E-state index in [9.17, 15) is 4.79 Å². The molecule has 0 heterocycles. The summed E-state index contributed by atoms with van der Waals surface area (Å²) in [6, 6.07) is 5.43. The van der Waals surface area contributed by atoms with E-state index >= 15 is 0 Å². The van der Waals surface area contributed by atoms with Crippen molar-refractivity contribution in [3.63, 3.8) is 0 Å². The number of aryl methyl sites for hydroxylation is 1. The van der Waals surface area contributed by atoms with Gasteiger partial charge in [-0.3, -0.25) is 4.79 Å². The lowest BCUT2D eigenvalue weighted by molar-refractivity contribution is 0.0933. The fourth-order valence-electron chi connectivity index (χ4n) is 1.88. The summed E-state index contributed by atoms with van der Waals surface area (Å²) < 4.78 is 0. The van der Waals surface area contributed by atoms with Gasteiger partial charge in [0.25, 0.3) is 5.91 Å². The summed E-state index contributed by atoms with van der Waals surface area (Å²) in [6.45, 7) is 6.77. The lowest BCUT2D eigenvalue weighted by Gasteiger charge is -2.24. The van der Waals surface area contributed by atoms with Crippen LogP contribution in [0, 0.1) is 12.3 Å². The van der Waals surface area contributed by atoms with Crippen molar-refractivity contribution >= 4 is 17.5 Å². The zero-order valence-corrected chi connectivity index (χ0v) is 12.5. The van der Waals surface area contributed by atoms with Crippen LogP contribution in [0.5, 0.6) is 0 Å². The summed E-state index contributed by atoms with van der Waals surface area (Å²) in [6.07, 6.45) is 1.61. The molecule has 1 amide bonds. The van der Waals surface area contributed by atoms with Gasteiger partial charge in [-0.2, -0.15) is 0 Å². The maximum absolute atomic E-state index is 12.1. The number of aliphatic hydroxyl groups excluding tert-OH is 1. The molecule has 0 aromatic heterocycles. The number of aliphatic hydroxyl groups is 1. The van der Waals surface area contributed by atoms with E-state index < -0.39 is 0 Å². The summed E-state index contributed by atoms with van der Waals surface area (Å²) in [5.41, 5.74) is 1.38. The van der Waals surface area contributed by atoms with Crippen LogP contribution in [-0.2, 0) is 0 Å². The Morgan fingerprint density at radius 3 is 2.74 bits per heavy atom.